The van der Waals surface area contributed by atoms with Gasteiger partial charge < -0.3 is 9.84 Å². The van der Waals surface area contributed by atoms with Gasteiger partial charge in [-0.1, -0.05) is 35.0 Å². The van der Waals surface area contributed by atoms with Gasteiger partial charge in [-0.15, -0.1) is 0 Å². The van der Waals surface area contributed by atoms with Crippen LogP contribution in [0.15, 0.2) is 47.0 Å². The number of nitrogens with zero attached hydrogens (tertiary/aromatic N) is 3. The van der Waals surface area contributed by atoms with Crippen LogP contribution in [0.1, 0.15) is 21.8 Å². The summed E-state index contributed by atoms with van der Waals surface area (Å²) in [5, 5.41) is 17.9. The highest BCUT2D eigenvalue weighted by atomic mass is 35.5. The number of aromatic nitrogens is 2. The van der Waals surface area contributed by atoms with Gasteiger partial charge in [0, 0.05) is 22.8 Å². The summed E-state index contributed by atoms with van der Waals surface area (Å²) in [7, 11) is 0. The largest absolute Gasteiger partial charge is 0.343 e. The van der Waals surface area contributed by atoms with E-state index in [1.807, 2.05) is 0 Å². The predicted molar refractivity (Wildman–Crippen MR) is 93.7 cm³/mol. The Hall–Kier alpha value is -3.26. The first-order valence-electron chi connectivity index (χ1n) is 7.56. The summed E-state index contributed by atoms with van der Waals surface area (Å²) < 4.78 is 5.10. The van der Waals surface area contributed by atoms with Crippen molar-refractivity contribution in [1.29, 1.82) is 0 Å². The van der Waals surface area contributed by atoms with Crippen LogP contribution in [-0.4, -0.2) is 21.0 Å². The maximum Gasteiger partial charge on any atom is 0.273 e. The molecule has 8 nitrogen and oxygen atoms in total. The Bertz CT molecular complexity index is 986. The molecule has 0 saturated carbocycles. The minimum atomic E-state index is -0.528. The summed E-state index contributed by atoms with van der Waals surface area (Å²) in [6.45, 7) is 1.59. The molecule has 1 N–H and O–H groups in total. The first-order valence-corrected chi connectivity index (χ1v) is 7.94. The number of hydrogen-bond donors (Lipinski definition) is 1. The third kappa shape index (κ3) is 3.70. The lowest BCUT2D eigenvalue weighted by Crippen LogP contribution is -2.23. The average Bonchev–Trinajstić information content (AvgIpc) is 3.09. The maximum absolute atomic E-state index is 12.2. The standard InChI is InChI=1S/C17H13ClN4O4/c1-10-6-7-11(8-14(10)22(24)25)17(23)19-9-15-20-16(21-26-15)12-4-2-3-5-13(12)18/h2-8H,9H2,1H3,(H,19,23). The second-order valence-corrected chi connectivity index (χ2v) is 5.84. The molecule has 3 rings (SSSR count). The lowest BCUT2D eigenvalue weighted by molar-refractivity contribution is -0.385. The van der Waals surface area contributed by atoms with Crippen molar-refractivity contribution in [3.63, 3.8) is 0 Å². The molecule has 1 aromatic heterocycles. The normalized spacial score (nSPS) is 10.5. The number of carbonyl (C=O) groups excluding carboxylic acids is 1. The Morgan fingerprint density at radius 3 is 2.81 bits per heavy atom. The Kier molecular flexibility index (Phi) is 4.94. The van der Waals surface area contributed by atoms with Crippen LogP contribution >= 0.6 is 11.6 Å². The third-order valence-corrected chi connectivity index (χ3v) is 3.98. The quantitative estimate of drug-likeness (QED) is 0.541. The minimum absolute atomic E-state index is 0.0159. The van der Waals surface area contributed by atoms with Crippen molar-refractivity contribution in [3.05, 3.63) is 74.6 Å². The van der Waals surface area contributed by atoms with E-state index in [2.05, 4.69) is 15.5 Å². The minimum Gasteiger partial charge on any atom is -0.343 e. The summed E-state index contributed by atoms with van der Waals surface area (Å²) in [5.41, 5.74) is 1.15. The van der Waals surface area contributed by atoms with Crippen LogP contribution in [0.3, 0.4) is 0 Å². The number of hydrogen-bond acceptors (Lipinski definition) is 6. The van der Waals surface area contributed by atoms with Gasteiger partial charge in [0.05, 0.1) is 16.5 Å². The van der Waals surface area contributed by atoms with Crippen LogP contribution in [0.25, 0.3) is 11.4 Å². The number of nitro groups is 1. The number of aryl methyl sites for hydroxylation is 1. The van der Waals surface area contributed by atoms with Gasteiger partial charge in [-0.3, -0.25) is 14.9 Å². The number of amides is 1. The second kappa shape index (κ2) is 7.32. The highest BCUT2D eigenvalue weighted by molar-refractivity contribution is 6.33. The van der Waals surface area contributed by atoms with E-state index in [4.69, 9.17) is 16.1 Å². The van der Waals surface area contributed by atoms with Crippen LogP contribution in [0.2, 0.25) is 5.02 Å². The summed E-state index contributed by atoms with van der Waals surface area (Å²) in [6, 6.07) is 11.3. The lowest BCUT2D eigenvalue weighted by atomic mass is 10.1. The van der Waals surface area contributed by atoms with Gasteiger partial charge in [-0.2, -0.15) is 4.98 Å². The number of carbonyl (C=O) groups is 1. The average molecular weight is 373 g/mol. The second-order valence-electron chi connectivity index (χ2n) is 5.43. The molecule has 9 heteroatoms. The van der Waals surface area contributed by atoms with E-state index < -0.39 is 10.8 Å². The van der Waals surface area contributed by atoms with Crippen molar-refractivity contribution >= 4 is 23.2 Å². The van der Waals surface area contributed by atoms with Crippen LogP contribution < -0.4 is 5.32 Å². The molecule has 3 aromatic rings. The van der Waals surface area contributed by atoms with Crippen LogP contribution in [-0.2, 0) is 6.54 Å². The third-order valence-electron chi connectivity index (χ3n) is 3.65. The highest BCUT2D eigenvalue weighted by Crippen LogP contribution is 2.25. The zero-order valence-corrected chi connectivity index (χ0v) is 14.4. The number of nitro benzene ring substituents is 1. The molecule has 0 aliphatic heterocycles. The molecule has 0 atom stereocenters. The van der Waals surface area contributed by atoms with E-state index in [1.165, 1.54) is 18.2 Å². The zero-order chi connectivity index (χ0) is 18.7. The molecule has 2 aromatic carbocycles. The molecular formula is C17H13ClN4O4. The Balaban J connectivity index is 1.70. The molecule has 1 heterocycles. The van der Waals surface area contributed by atoms with Crippen LogP contribution in [0.5, 0.6) is 0 Å². The molecule has 0 fully saturated rings. The fourth-order valence-electron chi connectivity index (χ4n) is 2.28. The van der Waals surface area contributed by atoms with Crippen molar-refractivity contribution in [2.24, 2.45) is 0 Å². The van der Waals surface area contributed by atoms with Crippen molar-refractivity contribution in [3.8, 4) is 11.4 Å². The predicted octanol–water partition coefficient (Wildman–Crippen LogP) is 3.54. The topological polar surface area (TPSA) is 111 Å². The first kappa shape index (κ1) is 17.6. The van der Waals surface area contributed by atoms with Gasteiger partial charge in [0.15, 0.2) is 0 Å². The zero-order valence-electron chi connectivity index (χ0n) is 13.6. The maximum atomic E-state index is 12.2. The molecular weight excluding hydrogens is 360 g/mol. The summed E-state index contributed by atoms with van der Waals surface area (Å²) >= 11 is 6.08. The SMILES string of the molecule is Cc1ccc(C(=O)NCc2nc(-c3ccccc3Cl)no2)cc1[N+](=O)[O-]. The van der Waals surface area contributed by atoms with Gasteiger partial charge in [0.25, 0.3) is 11.6 Å². The van der Waals surface area contributed by atoms with Crippen LogP contribution in [0, 0.1) is 17.0 Å². The van der Waals surface area contributed by atoms with Gasteiger partial charge in [0.1, 0.15) is 0 Å². The van der Waals surface area contributed by atoms with E-state index in [1.54, 1.807) is 31.2 Å². The van der Waals surface area contributed by atoms with Gasteiger partial charge in [-0.25, -0.2) is 0 Å². The van der Waals surface area contributed by atoms with E-state index >= 15 is 0 Å². The van der Waals surface area contributed by atoms with E-state index in [0.717, 1.165) is 0 Å². The summed E-state index contributed by atoms with van der Waals surface area (Å²) in [4.78, 5) is 26.8. The summed E-state index contributed by atoms with van der Waals surface area (Å²) in [5.74, 6) is 0.0197. The Morgan fingerprint density at radius 2 is 2.08 bits per heavy atom. The number of rotatable bonds is 5. The van der Waals surface area contributed by atoms with Crippen molar-refractivity contribution < 1.29 is 14.2 Å². The van der Waals surface area contributed by atoms with E-state index in [-0.39, 0.29) is 23.7 Å². The molecule has 132 valence electrons. The fourth-order valence-corrected chi connectivity index (χ4v) is 2.50. The molecule has 0 saturated heterocycles. The van der Waals surface area contributed by atoms with Gasteiger partial charge in [0.2, 0.25) is 11.7 Å². The molecule has 0 aliphatic carbocycles. The Labute approximate surface area is 152 Å². The molecule has 0 bridgehead atoms. The van der Waals surface area contributed by atoms with Crippen molar-refractivity contribution in [2.45, 2.75) is 13.5 Å². The lowest BCUT2D eigenvalue weighted by Gasteiger charge is -2.03. The Morgan fingerprint density at radius 1 is 1.31 bits per heavy atom. The van der Waals surface area contributed by atoms with Crippen LogP contribution in [0.4, 0.5) is 5.69 Å². The monoisotopic (exact) mass is 372 g/mol. The number of nitrogens with one attached hydrogen (secondary N) is 1. The molecule has 0 aliphatic rings. The number of halogens is 1. The van der Waals surface area contributed by atoms with Gasteiger partial charge in [-0.05, 0) is 25.1 Å². The van der Waals surface area contributed by atoms with E-state index in [0.29, 0.717) is 22.0 Å². The molecule has 26 heavy (non-hydrogen) atoms. The first-order chi connectivity index (χ1) is 12.5. The van der Waals surface area contributed by atoms with Crippen molar-refractivity contribution in [1.82, 2.24) is 15.5 Å². The van der Waals surface area contributed by atoms with Crippen molar-refractivity contribution in [2.75, 3.05) is 0 Å². The number of benzene rings is 2. The molecule has 1 amide bonds. The fraction of sp³-hybridized carbons (Fsp3) is 0.118. The molecule has 0 radical (unpaired) electrons. The van der Waals surface area contributed by atoms with Gasteiger partial charge >= 0.3 is 0 Å². The van der Waals surface area contributed by atoms with E-state index in [9.17, 15) is 14.9 Å². The molecule has 0 spiro atoms. The smallest absolute Gasteiger partial charge is 0.273 e. The highest BCUT2D eigenvalue weighted by Gasteiger charge is 2.16. The summed E-state index contributed by atoms with van der Waals surface area (Å²) in [6.07, 6.45) is 0. The molecule has 0 unspecified atom stereocenters.